The van der Waals surface area contributed by atoms with Gasteiger partial charge in [-0.3, -0.25) is 0 Å². The van der Waals surface area contributed by atoms with Crippen molar-refractivity contribution in [2.75, 3.05) is 5.32 Å². The minimum Gasteiger partial charge on any atom is -0.330 e. The lowest BCUT2D eigenvalue weighted by Crippen LogP contribution is -2.15. The van der Waals surface area contributed by atoms with Crippen LogP contribution in [0.3, 0.4) is 0 Å². The Morgan fingerprint density at radius 2 is 2.00 bits per heavy atom. The number of fused-ring (bicyclic) bond motifs is 1. The molecule has 2 nitrogen and oxygen atoms in total. The number of halogens is 5. The molecule has 1 heterocycles. The lowest BCUT2D eigenvalue weighted by molar-refractivity contribution is -0.137. The van der Waals surface area contributed by atoms with Crippen LogP contribution in [0.1, 0.15) is 16.6 Å². The summed E-state index contributed by atoms with van der Waals surface area (Å²) in [7, 11) is 0. The molecule has 1 aromatic carbocycles. The maximum atomic E-state index is 12.4. The Bertz CT molecular complexity index is 457. The molecule has 0 bridgehead atoms. The molecule has 1 N–H and O–H groups in total. The Balaban J connectivity index is 2.46. The molecular weight excluding hydrogens is 264 g/mol. The standard InChI is InChI=1S/C9H5Cl2F3N2/c10-7-5-2-1-4(9(12,13)14)3-6(5)15-8(11)16-7/h1-3,7H,(H,15,16)/t7-/m0/s1. The third kappa shape index (κ3) is 2.10. The van der Waals surface area contributed by atoms with E-state index in [4.69, 9.17) is 23.2 Å². The van der Waals surface area contributed by atoms with Gasteiger partial charge in [-0.25, -0.2) is 4.99 Å². The molecule has 1 atom stereocenters. The van der Waals surface area contributed by atoms with Gasteiger partial charge in [-0.05, 0) is 23.7 Å². The molecule has 86 valence electrons. The Labute approximate surface area is 99.1 Å². The molecule has 0 amide bonds. The molecular formula is C9H5Cl2F3N2. The van der Waals surface area contributed by atoms with Crippen LogP contribution in [0, 0.1) is 0 Å². The van der Waals surface area contributed by atoms with Crippen LogP contribution in [0.25, 0.3) is 0 Å². The molecule has 0 saturated heterocycles. The van der Waals surface area contributed by atoms with E-state index in [9.17, 15) is 13.2 Å². The van der Waals surface area contributed by atoms with E-state index in [0.717, 1.165) is 12.1 Å². The van der Waals surface area contributed by atoms with Crippen molar-refractivity contribution in [2.24, 2.45) is 4.99 Å². The summed E-state index contributed by atoms with van der Waals surface area (Å²) in [6.45, 7) is 0. The van der Waals surface area contributed by atoms with Gasteiger partial charge in [0.1, 0.15) is 0 Å². The van der Waals surface area contributed by atoms with E-state index < -0.39 is 17.2 Å². The van der Waals surface area contributed by atoms with E-state index in [1.165, 1.54) is 6.07 Å². The highest BCUT2D eigenvalue weighted by atomic mass is 35.5. The van der Waals surface area contributed by atoms with Gasteiger partial charge in [0.2, 0.25) is 0 Å². The zero-order chi connectivity index (χ0) is 11.9. The number of aliphatic imine (C=N–C) groups is 1. The van der Waals surface area contributed by atoms with Gasteiger partial charge in [0, 0.05) is 11.3 Å². The second-order valence-corrected chi connectivity index (χ2v) is 3.95. The fraction of sp³-hybridized carbons (Fsp3) is 0.222. The lowest BCUT2D eigenvalue weighted by atomic mass is 10.1. The topological polar surface area (TPSA) is 24.4 Å². The summed E-state index contributed by atoms with van der Waals surface area (Å²) >= 11 is 11.4. The van der Waals surface area contributed by atoms with Crippen molar-refractivity contribution in [2.45, 2.75) is 11.7 Å². The third-order valence-corrected chi connectivity index (χ3v) is 2.63. The number of hydrogen-bond acceptors (Lipinski definition) is 2. The summed E-state index contributed by atoms with van der Waals surface area (Å²) in [5.74, 6) is 0. The molecule has 0 fully saturated rings. The van der Waals surface area contributed by atoms with Crippen molar-refractivity contribution in [1.29, 1.82) is 0 Å². The van der Waals surface area contributed by atoms with Gasteiger partial charge in [0.25, 0.3) is 0 Å². The molecule has 0 radical (unpaired) electrons. The minimum atomic E-state index is -4.39. The highest BCUT2D eigenvalue weighted by Gasteiger charge is 2.32. The Morgan fingerprint density at radius 1 is 1.31 bits per heavy atom. The number of anilines is 1. The van der Waals surface area contributed by atoms with E-state index >= 15 is 0 Å². The van der Waals surface area contributed by atoms with Gasteiger partial charge in [-0.15, -0.1) is 0 Å². The molecule has 0 aromatic heterocycles. The second-order valence-electron chi connectivity index (χ2n) is 3.18. The van der Waals surface area contributed by atoms with E-state index in [0.29, 0.717) is 5.56 Å². The van der Waals surface area contributed by atoms with E-state index in [-0.39, 0.29) is 11.0 Å². The van der Waals surface area contributed by atoms with Crippen molar-refractivity contribution in [3.8, 4) is 0 Å². The highest BCUT2D eigenvalue weighted by molar-refractivity contribution is 6.68. The van der Waals surface area contributed by atoms with Crippen LogP contribution < -0.4 is 5.32 Å². The molecule has 0 aliphatic carbocycles. The second kappa shape index (κ2) is 3.82. The van der Waals surface area contributed by atoms with E-state index in [1.54, 1.807) is 0 Å². The van der Waals surface area contributed by atoms with Crippen LogP contribution in [0.5, 0.6) is 0 Å². The summed E-state index contributed by atoms with van der Waals surface area (Å²) in [5, 5.41) is 2.51. The summed E-state index contributed by atoms with van der Waals surface area (Å²) in [6.07, 6.45) is -4.39. The first-order valence-corrected chi connectivity index (χ1v) is 5.05. The van der Waals surface area contributed by atoms with Crippen molar-refractivity contribution in [1.82, 2.24) is 0 Å². The molecule has 0 saturated carbocycles. The van der Waals surface area contributed by atoms with Gasteiger partial charge < -0.3 is 5.32 Å². The van der Waals surface area contributed by atoms with Crippen LogP contribution in [0.2, 0.25) is 0 Å². The van der Waals surface area contributed by atoms with E-state index in [1.807, 2.05) is 0 Å². The number of hydrogen-bond donors (Lipinski definition) is 1. The van der Waals surface area contributed by atoms with Gasteiger partial charge >= 0.3 is 6.18 Å². The lowest BCUT2D eigenvalue weighted by Gasteiger charge is -2.20. The summed E-state index contributed by atoms with van der Waals surface area (Å²) in [4.78, 5) is 3.77. The predicted octanol–water partition coefficient (Wildman–Crippen LogP) is 3.96. The number of alkyl halides is 4. The third-order valence-electron chi connectivity index (χ3n) is 2.10. The van der Waals surface area contributed by atoms with Crippen molar-refractivity contribution >= 4 is 34.2 Å². The molecule has 2 rings (SSSR count). The van der Waals surface area contributed by atoms with Gasteiger partial charge in [0.05, 0.1) is 5.56 Å². The van der Waals surface area contributed by atoms with Crippen LogP contribution in [0.4, 0.5) is 18.9 Å². The zero-order valence-corrected chi connectivity index (χ0v) is 9.16. The number of nitrogens with zero attached hydrogens (tertiary/aromatic N) is 1. The van der Waals surface area contributed by atoms with Crippen molar-refractivity contribution in [3.63, 3.8) is 0 Å². The monoisotopic (exact) mass is 268 g/mol. The first-order chi connectivity index (χ1) is 7.38. The fourth-order valence-electron chi connectivity index (χ4n) is 1.36. The van der Waals surface area contributed by atoms with Gasteiger partial charge in [-0.1, -0.05) is 17.7 Å². The Hall–Kier alpha value is -0.940. The summed E-state index contributed by atoms with van der Waals surface area (Å²) < 4.78 is 37.3. The molecule has 7 heteroatoms. The normalized spacial score (nSPS) is 19.8. The number of nitrogens with one attached hydrogen (secondary N) is 1. The zero-order valence-electron chi connectivity index (χ0n) is 7.65. The fourth-order valence-corrected chi connectivity index (χ4v) is 1.90. The maximum absolute atomic E-state index is 12.4. The molecule has 1 aliphatic rings. The van der Waals surface area contributed by atoms with Crippen molar-refractivity contribution < 1.29 is 13.2 Å². The summed E-state index contributed by atoms with van der Waals surface area (Å²) in [5.41, 5.74) is -0.811. The number of amidine groups is 1. The van der Waals surface area contributed by atoms with Crippen LogP contribution in [-0.2, 0) is 6.18 Å². The SMILES string of the molecule is FC(F)(F)c1ccc2c(c1)NC(Cl)=N[C@@H]2Cl. The average Bonchev–Trinajstić information content (AvgIpc) is 2.15. The first-order valence-electron chi connectivity index (χ1n) is 4.23. The molecule has 0 unspecified atom stereocenters. The Kier molecular flexibility index (Phi) is 2.75. The minimum absolute atomic E-state index is 0.0215. The Morgan fingerprint density at radius 3 is 2.62 bits per heavy atom. The molecule has 1 aromatic rings. The molecule has 1 aliphatic heterocycles. The molecule has 0 spiro atoms. The van der Waals surface area contributed by atoms with Gasteiger partial charge in [-0.2, -0.15) is 13.2 Å². The quantitative estimate of drug-likeness (QED) is 0.559. The highest BCUT2D eigenvalue weighted by Crippen LogP contribution is 2.38. The summed E-state index contributed by atoms with van der Waals surface area (Å²) in [6, 6.07) is 3.21. The van der Waals surface area contributed by atoms with E-state index in [2.05, 4.69) is 10.3 Å². The van der Waals surface area contributed by atoms with Crippen LogP contribution >= 0.6 is 23.2 Å². The smallest absolute Gasteiger partial charge is 0.330 e. The van der Waals surface area contributed by atoms with Crippen LogP contribution in [0.15, 0.2) is 23.2 Å². The van der Waals surface area contributed by atoms with Gasteiger partial charge in [0.15, 0.2) is 10.8 Å². The van der Waals surface area contributed by atoms with Crippen LogP contribution in [-0.4, -0.2) is 5.29 Å². The molecule has 16 heavy (non-hydrogen) atoms. The number of rotatable bonds is 0. The number of benzene rings is 1. The average molecular weight is 269 g/mol. The predicted molar refractivity (Wildman–Crippen MR) is 56.9 cm³/mol. The maximum Gasteiger partial charge on any atom is 0.416 e. The largest absolute Gasteiger partial charge is 0.416 e. The van der Waals surface area contributed by atoms with Crippen molar-refractivity contribution in [3.05, 3.63) is 29.3 Å². The first kappa shape index (κ1) is 11.5.